The van der Waals surface area contributed by atoms with Crippen LogP contribution in [-0.2, 0) is 6.18 Å². The van der Waals surface area contributed by atoms with Gasteiger partial charge in [-0.1, -0.05) is 17.7 Å². The van der Waals surface area contributed by atoms with Gasteiger partial charge in [0, 0.05) is 5.56 Å². The Hall–Kier alpha value is -2.02. The van der Waals surface area contributed by atoms with Gasteiger partial charge in [-0.05, 0) is 12.1 Å². The lowest BCUT2D eigenvalue weighted by molar-refractivity contribution is -0.139. The molecule has 1 heterocycles. The second kappa shape index (κ2) is 5.16. The fourth-order valence-electron chi connectivity index (χ4n) is 1.60. The second-order valence-corrected chi connectivity index (χ2v) is 4.10. The van der Waals surface area contributed by atoms with Crippen LogP contribution in [-0.4, -0.2) is 16.3 Å². The van der Waals surface area contributed by atoms with E-state index in [1.807, 2.05) is 0 Å². The quantitative estimate of drug-likeness (QED) is 0.482. The van der Waals surface area contributed by atoms with Crippen LogP contribution in [0.15, 0.2) is 24.5 Å². The van der Waals surface area contributed by atoms with Crippen molar-refractivity contribution in [3.8, 4) is 11.3 Å². The molecule has 0 aliphatic carbocycles. The molecule has 0 amide bonds. The molecule has 0 unspecified atom stereocenters. The summed E-state index contributed by atoms with van der Waals surface area (Å²) in [6.07, 6.45) is -3.41. The summed E-state index contributed by atoms with van der Waals surface area (Å²) in [5.74, 6) is -1.46. The highest BCUT2D eigenvalue weighted by molar-refractivity contribution is 6.32. The van der Waals surface area contributed by atoms with Crippen molar-refractivity contribution < 1.29 is 22.4 Å². The van der Waals surface area contributed by atoms with Gasteiger partial charge in [0.1, 0.15) is 17.3 Å². The molecule has 0 atom stereocenters. The Morgan fingerprint density at radius 1 is 1.20 bits per heavy atom. The summed E-state index contributed by atoms with van der Waals surface area (Å²) in [6.45, 7) is 0. The number of alkyl halides is 3. The second-order valence-electron chi connectivity index (χ2n) is 3.74. The Kier molecular flexibility index (Phi) is 3.71. The number of benzene rings is 1. The summed E-state index contributed by atoms with van der Waals surface area (Å²) in [6, 6.07) is 2.24. The van der Waals surface area contributed by atoms with Gasteiger partial charge in [0.2, 0.25) is 0 Å². The summed E-state index contributed by atoms with van der Waals surface area (Å²) in [4.78, 5) is 18.2. The molecule has 0 radical (unpaired) electrons. The van der Waals surface area contributed by atoms with Gasteiger partial charge in [-0.15, -0.1) is 0 Å². The molecule has 0 bridgehead atoms. The molecule has 2 rings (SSSR count). The lowest BCUT2D eigenvalue weighted by Crippen LogP contribution is -2.08. The third-order valence-electron chi connectivity index (χ3n) is 2.50. The monoisotopic (exact) mass is 304 g/mol. The Morgan fingerprint density at radius 2 is 1.90 bits per heavy atom. The molecule has 0 aliphatic rings. The molecule has 104 valence electrons. The summed E-state index contributed by atoms with van der Waals surface area (Å²) in [5, 5.41) is -0.162. The van der Waals surface area contributed by atoms with E-state index in [-0.39, 0.29) is 22.0 Å². The number of aldehydes is 1. The number of hydrogen-bond donors (Lipinski definition) is 0. The highest BCUT2D eigenvalue weighted by Crippen LogP contribution is 2.34. The first kappa shape index (κ1) is 14.4. The molecular formula is C12H5ClF4N2O. The van der Waals surface area contributed by atoms with E-state index in [9.17, 15) is 22.4 Å². The maximum Gasteiger partial charge on any atom is 0.419 e. The van der Waals surface area contributed by atoms with E-state index in [1.54, 1.807) is 0 Å². The Labute approximate surface area is 115 Å². The topological polar surface area (TPSA) is 42.9 Å². The molecular weight excluding hydrogens is 300 g/mol. The van der Waals surface area contributed by atoms with Gasteiger partial charge in [-0.3, -0.25) is 4.79 Å². The van der Waals surface area contributed by atoms with Crippen LogP contribution in [0.3, 0.4) is 0 Å². The van der Waals surface area contributed by atoms with Gasteiger partial charge in [0.05, 0.1) is 16.8 Å². The number of halogens is 5. The maximum absolute atomic E-state index is 13.5. The van der Waals surface area contributed by atoms with Crippen molar-refractivity contribution in [2.24, 2.45) is 0 Å². The van der Waals surface area contributed by atoms with Crippen LogP contribution >= 0.6 is 11.6 Å². The van der Waals surface area contributed by atoms with Crippen LogP contribution in [0.5, 0.6) is 0 Å². The van der Waals surface area contributed by atoms with Crippen molar-refractivity contribution in [2.75, 3.05) is 0 Å². The Morgan fingerprint density at radius 3 is 2.45 bits per heavy atom. The molecule has 20 heavy (non-hydrogen) atoms. The zero-order valence-corrected chi connectivity index (χ0v) is 10.3. The van der Waals surface area contributed by atoms with Gasteiger partial charge in [0.15, 0.2) is 6.29 Å². The Balaban J connectivity index is 2.59. The largest absolute Gasteiger partial charge is 0.419 e. The number of carbonyl (C=O) groups is 1. The van der Waals surface area contributed by atoms with Gasteiger partial charge in [-0.2, -0.15) is 13.2 Å². The third-order valence-corrected chi connectivity index (χ3v) is 2.80. The van der Waals surface area contributed by atoms with Gasteiger partial charge >= 0.3 is 6.18 Å². The first-order valence-electron chi connectivity index (χ1n) is 5.17. The first-order chi connectivity index (χ1) is 9.34. The summed E-state index contributed by atoms with van der Waals surface area (Å²) in [7, 11) is 0. The minimum absolute atomic E-state index is 0.00176. The number of carbonyl (C=O) groups excluding carboxylic acids is 1. The van der Waals surface area contributed by atoms with Gasteiger partial charge in [-0.25, -0.2) is 14.4 Å². The molecule has 0 N–H and O–H groups in total. The minimum atomic E-state index is -4.79. The fourth-order valence-corrected chi connectivity index (χ4v) is 1.78. The summed E-state index contributed by atoms with van der Waals surface area (Å²) < 4.78 is 50.8. The zero-order valence-electron chi connectivity index (χ0n) is 9.58. The standard InChI is InChI=1S/C12H5ClF4N2O/c13-11-7(4-20)10(18-5-19-11)6-1-2-8(9(14)3-6)12(15,16)17/h1-5H. The van der Waals surface area contributed by atoms with Crippen LogP contribution in [0.25, 0.3) is 11.3 Å². The molecule has 0 aliphatic heterocycles. The van der Waals surface area contributed by atoms with Crippen molar-refractivity contribution in [3.63, 3.8) is 0 Å². The van der Waals surface area contributed by atoms with E-state index < -0.39 is 17.6 Å². The van der Waals surface area contributed by atoms with Crippen molar-refractivity contribution in [1.82, 2.24) is 9.97 Å². The van der Waals surface area contributed by atoms with E-state index in [0.29, 0.717) is 18.4 Å². The predicted octanol–water partition coefficient (Wildman–Crippen LogP) is 3.77. The number of nitrogens with zero attached hydrogens (tertiary/aromatic N) is 2. The zero-order chi connectivity index (χ0) is 14.9. The maximum atomic E-state index is 13.5. The highest BCUT2D eigenvalue weighted by atomic mass is 35.5. The molecule has 0 saturated heterocycles. The van der Waals surface area contributed by atoms with Crippen molar-refractivity contribution in [1.29, 1.82) is 0 Å². The SMILES string of the molecule is O=Cc1c(Cl)ncnc1-c1ccc(C(F)(F)F)c(F)c1. The van der Waals surface area contributed by atoms with E-state index in [4.69, 9.17) is 11.6 Å². The van der Waals surface area contributed by atoms with E-state index in [2.05, 4.69) is 9.97 Å². The molecule has 0 fully saturated rings. The summed E-state index contributed by atoms with van der Waals surface area (Å²) >= 11 is 5.67. The molecule has 3 nitrogen and oxygen atoms in total. The van der Waals surface area contributed by atoms with Crippen LogP contribution < -0.4 is 0 Å². The molecule has 1 aromatic heterocycles. The van der Waals surface area contributed by atoms with E-state index >= 15 is 0 Å². The number of hydrogen-bond acceptors (Lipinski definition) is 3. The van der Waals surface area contributed by atoms with Crippen LogP contribution in [0.4, 0.5) is 17.6 Å². The van der Waals surface area contributed by atoms with Crippen molar-refractivity contribution in [2.45, 2.75) is 6.18 Å². The van der Waals surface area contributed by atoms with E-state index in [0.717, 1.165) is 12.4 Å². The molecule has 1 aromatic carbocycles. The predicted molar refractivity (Wildman–Crippen MR) is 62.8 cm³/mol. The van der Waals surface area contributed by atoms with Crippen molar-refractivity contribution >= 4 is 17.9 Å². The Bertz CT molecular complexity index is 673. The molecule has 2 aromatic rings. The molecule has 0 saturated carbocycles. The average molecular weight is 305 g/mol. The van der Waals surface area contributed by atoms with Crippen LogP contribution in [0.2, 0.25) is 5.15 Å². The van der Waals surface area contributed by atoms with Crippen LogP contribution in [0.1, 0.15) is 15.9 Å². The summed E-state index contributed by atoms with van der Waals surface area (Å²) in [5.41, 5.74) is -1.54. The highest BCUT2D eigenvalue weighted by Gasteiger charge is 2.34. The van der Waals surface area contributed by atoms with Gasteiger partial charge < -0.3 is 0 Å². The normalized spacial score (nSPS) is 11.4. The first-order valence-corrected chi connectivity index (χ1v) is 5.55. The van der Waals surface area contributed by atoms with Crippen LogP contribution in [0, 0.1) is 5.82 Å². The third kappa shape index (κ3) is 2.62. The molecule has 0 spiro atoms. The number of aromatic nitrogens is 2. The smallest absolute Gasteiger partial charge is 0.298 e. The lowest BCUT2D eigenvalue weighted by Gasteiger charge is -2.10. The fraction of sp³-hybridized carbons (Fsp3) is 0.0833. The van der Waals surface area contributed by atoms with Gasteiger partial charge in [0.25, 0.3) is 0 Å². The number of rotatable bonds is 2. The minimum Gasteiger partial charge on any atom is -0.298 e. The lowest BCUT2D eigenvalue weighted by atomic mass is 10.0. The van der Waals surface area contributed by atoms with Crippen molar-refractivity contribution in [3.05, 3.63) is 46.6 Å². The average Bonchev–Trinajstić information content (AvgIpc) is 2.36. The van der Waals surface area contributed by atoms with E-state index in [1.165, 1.54) is 0 Å². The molecule has 8 heteroatoms.